The van der Waals surface area contributed by atoms with Gasteiger partial charge in [0.05, 0.1) is 6.04 Å². The van der Waals surface area contributed by atoms with Crippen LogP contribution in [0.1, 0.15) is 39.0 Å². The SMILES string of the molecule is O=C(O)C1c2ccccc2C(=O)N(Cc2ccc(F)c(F)c2F)C1c1ccc(Br)cc1. The maximum absolute atomic E-state index is 14.4. The minimum Gasteiger partial charge on any atom is -0.481 e. The van der Waals surface area contributed by atoms with Crippen molar-refractivity contribution in [2.45, 2.75) is 18.5 Å². The highest BCUT2D eigenvalue weighted by Crippen LogP contribution is 2.44. The third-order valence-electron chi connectivity index (χ3n) is 5.37. The van der Waals surface area contributed by atoms with E-state index in [1.165, 1.54) is 11.0 Å². The van der Waals surface area contributed by atoms with Crippen molar-refractivity contribution in [2.24, 2.45) is 0 Å². The topological polar surface area (TPSA) is 57.6 Å². The summed E-state index contributed by atoms with van der Waals surface area (Å²) in [7, 11) is 0. The van der Waals surface area contributed by atoms with Gasteiger partial charge in [0.25, 0.3) is 5.91 Å². The van der Waals surface area contributed by atoms with Gasteiger partial charge in [0.2, 0.25) is 0 Å². The van der Waals surface area contributed by atoms with Gasteiger partial charge in [-0.1, -0.05) is 52.3 Å². The van der Waals surface area contributed by atoms with Gasteiger partial charge in [0, 0.05) is 22.1 Å². The second kappa shape index (κ2) is 8.19. The molecule has 1 aliphatic heterocycles. The van der Waals surface area contributed by atoms with Crippen molar-refractivity contribution in [3.63, 3.8) is 0 Å². The van der Waals surface area contributed by atoms with Crippen LogP contribution in [0, 0.1) is 17.5 Å². The Morgan fingerprint density at radius 3 is 2.32 bits per heavy atom. The Kier molecular flexibility index (Phi) is 5.58. The number of carbonyl (C=O) groups is 2. The second-order valence-electron chi connectivity index (χ2n) is 7.17. The number of hydrogen-bond donors (Lipinski definition) is 1. The molecule has 0 saturated carbocycles. The highest BCUT2D eigenvalue weighted by Gasteiger charge is 2.44. The van der Waals surface area contributed by atoms with Crippen LogP contribution in [0.5, 0.6) is 0 Å². The van der Waals surface area contributed by atoms with Crippen LogP contribution in [0.4, 0.5) is 13.2 Å². The molecule has 0 radical (unpaired) electrons. The van der Waals surface area contributed by atoms with Gasteiger partial charge in [-0.2, -0.15) is 0 Å². The lowest BCUT2D eigenvalue weighted by molar-refractivity contribution is -0.140. The summed E-state index contributed by atoms with van der Waals surface area (Å²) in [5, 5.41) is 10.0. The summed E-state index contributed by atoms with van der Waals surface area (Å²) in [5.74, 6) is -7.22. The van der Waals surface area contributed by atoms with E-state index in [0.717, 1.165) is 16.6 Å². The second-order valence-corrected chi connectivity index (χ2v) is 8.08. The molecular weight excluding hydrogens is 475 g/mol. The van der Waals surface area contributed by atoms with Gasteiger partial charge in [0.15, 0.2) is 17.5 Å². The molecule has 4 rings (SSSR count). The van der Waals surface area contributed by atoms with E-state index in [1.807, 2.05) is 0 Å². The lowest BCUT2D eigenvalue weighted by Crippen LogP contribution is -2.44. The average Bonchev–Trinajstić information content (AvgIpc) is 2.76. The predicted molar refractivity (Wildman–Crippen MR) is 110 cm³/mol. The van der Waals surface area contributed by atoms with E-state index in [-0.39, 0.29) is 11.1 Å². The molecule has 8 heteroatoms. The van der Waals surface area contributed by atoms with Gasteiger partial charge in [-0.25, -0.2) is 13.2 Å². The fraction of sp³-hybridized carbons (Fsp3) is 0.130. The molecule has 1 aliphatic rings. The lowest BCUT2D eigenvalue weighted by atomic mass is 9.79. The molecule has 0 saturated heterocycles. The van der Waals surface area contributed by atoms with Crippen LogP contribution in [0.2, 0.25) is 0 Å². The first-order chi connectivity index (χ1) is 14.8. The smallest absolute Gasteiger partial charge is 0.313 e. The zero-order valence-corrected chi connectivity index (χ0v) is 17.4. The Hall–Kier alpha value is -3.13. The third kappa shape index (κ3) is 3.72. The first kappa shape index (κ1) is 21.1. The van der Waals surface area contributed by atoms with E-state index in [9.17, 15) is 27.9 Å². The summed E-state index contributed by atoms with van der Waals surface area (Å²) in [4.78, 5) is 26.8. The fourth-order valence-corrected chi connectivity index (χ4v) is 4.20. The standard InChI is InChI=1S/C23H15BrF3NO3/c24-14-8-5-12(6-9-14)21-18(23(30)31)15-3-1-2-4-16(15)22(29)28(21)11-13-7-10-17(25)20(27)19(13)26/h1-10,18,21H,11H2,(H,30,31). The van der Waals surface area contributed by atoms with Crippen molar-refractivity contribution in [1.29, 1.82) is 0 Å². The first-order valence-electron chi connectivity index (χ1n) is 9.30. The summed E-state index contributed by atoms with van der Waals surface area (Å²) in [6, 6.07) is 13.9. The molecule has 31 heavy (non-hydrogen) atoms. The van der Waals surface area contributed by atoms with Gasteiger partial charge < -0.3 is 10.0 Å². The summed E-state index contributed by atoms with van der Waals surface area (Å²) < 4.78 is 42.3. The molecule has 2 atom stereocenters. The number of hydrogen-bond acceptors (Lipinski definition) is 2. The van der Waals surface area contributed by atoms with Gasteiger partial charge in [0.1, 0.15) is 5.92 Å². The molecule has 3 aromatic rings. The monoisotopic (exact) mass is 489 g/mol. The minimum atomic E-state index is -1.64. The number of amides is 1. The van der Waals surface area contributed by atoms with Crippen molar-refractivity contribution >= 4 is 27.8 Å². The maximum Gasteiger partial charge on any atom is 0.313 e. The molecule has 158 valence electrons. The normalized spacial score (nSPS) is 18.1. The van der Waals surface area contributed by atoms with E-state index < -0.39 is 47.8 Å². The third-order valence-corrected chi connectivity index (χ3v) is 5.90. The molecule has 0 spiro atoms. The van der Waals surface area contributed by atoms with Crippen molar-refractivity contribution in [2.75, 3.05) is 0 Å². The van der Waals surface area contributed by atoms with Crippen molar-refractivity contribution in [3.05, 3.63) is 105 Å². The predicted octanol–water partition coefficient (Wildman–Crippen LogP) is 5.43. The molecule has 0 aromatic heterocycles. The number of rotatable bonds is 4. The Bertz CT molecular complexity index is 1180. The number of carbonyl (C=O) groups excluding carboxylic acids is 1. The number of halogens is 4. The summed E-state index contributed by atoms with van der Waals surface area (Å²) >= 11 is 3.32. The van der Waals surface area contributed by atoms with Crippen LogP contribution in [0.3, 0.4) is 0 Å². The number of benzene rings is 3. The molecule has 0 fully saturated rings. The summed E-state index contributed by atoms with van der Waals surface area (Å²) in [6.07, 6.45) is 0. The van der Waals surface area contributed by atoms with Gasteiger partial charge in [-0.15, -0.1) is 0 Å². The quantitative estimate of drug-likeness (QED) is 0.497. The molecule has 0 aliphatic carbocycles. The van der Waals surface area contributed by atoms with Gasteiger partial charge in [-0.3, -0.25) is 9.59 Å². The van der Waals surface area contributed by atoms with E-state index >= 15 is 0 Å². The maximum atomic E-state index is 14.4. The van der Waals surface area contributed by atoms with E-state index in [2.05, 4.69) is 15.9 Å². The van der Waals surface area contributed by atoms with Crippen molar-refractivity contribution in [3.8, 4) is 0 Å². The van der Waals surface area contributed by atoms with Gasteiger partial charge in [-0.05, 0) is 35.4 Å². The highest BCUT2D eigenvalue weighted by molar-refractivity contribution is 9.10. The number of carboxylic acids is 1. The Morgan fingerprint density at radius 2 is 1.65 bits per heavy atom. The summed E-state index contributed by atoms with van der Waals surface area (Å²) in [6.45, 7) is -0.430. The fourth-order valence-electron chi connectivity index (χ4n) is 3.94. The van der Waals surface area contributed by atoms with Crippen molar-refractivity contribution in [1.82, 2.24) is 4.90 Å². The molecule has 1 N–H and O–H groups in total. The highest BCUT2D eigenvalue weighted by atomic mass is 79.9. The molecule has 1 heterocycles. The van der Waals surface area contributed by atoms with Crippen LogP contribution in [0.15, 0.2) is 65.1 Å². The van der Waals surface area contributed by atoms with Crippen LogP contribution in [0.25, 0.3) is 0 Å². The van der Waals surface area contributed by atoms with Gasteiger partial charge >= 0.3 is 5.97 Å². The molecule has 2 unspecified atom stereocenters. The van der Waals surface area contributed by atoms with Crippen molar-refractivity contribution < 1.29 is 27.9 Å². The number of fused-ring (bicyclic) bond motifs is 1. The minimum absolute atomic E-state index is 0.172. The molecular formula is C23H15BrF3NO3. The number of nitrogens with zero attached hydrogens (tertiary/aromatic N) is 1. The molecule has 3 aromatic carbocycles. The van der Waals surface area contributed by atoms with Crippen LogP contribution >= 0.6 is 15.9 Å². The van der Waals surface area contributed by atoms with Crippen LogP contribution in [-0.4, -0.2) is 21.9 Å². The van der Waals surface area contributed by atoms with Crippen LogP contribution in [-0.2, 0) is 11.3 Å². The van der Waals surface area contributed by atoms with Crippen LogP contribution < -0.4 is 0 Å². The average molecular weight is 490 g/mol. The molecule has 4 nitrogen and oxygen atoms in total. The Balaban J connectivity index is 1.90. The van der Waals surface area contributed by atoms with E-state index in [0.29, 0.717) is 11.1 Å². The molecule has 1 amide bonds. The summed E-state index contributed by atoms with van der Waals surface area (Å²) in [5.41, 5.74) is 0.778. The zero-order chi connectivity index (χ0) is 22.3. The number of carboxylic acid groups (broad SMARTS) is 1. The largest absolute Gasteiger partial charge is 0.481 e. The Labute approximate surface area is 184 Å². The van der Waals surface area contributed by atoms with E-state index in [1.54, 1.807) is 42.5 Å². The Morgan fingerprint density at radius 1 is 0.968 bits per heavy atom. The number of aliphatic carboxylic acids is 1. The van der Waals surface area contributed by atoms with E-state index in [4.69, 9.17) is 0 Å². The molecule has 0 bridgehead atoms. The zero-order valence-electron chi connectivity index (χ0n) is 15.9. The first-order valence-corrected chi connectivity index (χ1v) is 10.1. The lowest BCUT2D eigenvalue weighted by Gasteiger charge is -2.41.